The van der Waals surface area contributed by atoms with Crippen LogP contribution in [0.15, 0.2) is 34.4 Å². The van der Waals surface area contributed by atoms with Crippen molar-refractivity contribution in [2.45, 2.75) is 25.3 Å². The second kappa shape index (κ2) is 4.94. The highest BCUT2D eigenvalue weighted by Crippen LogP contribution is 2.28. The molecule has 1 aliphatic carbocycles. The number of aromatic nitrogens is 1. The molecule has 1 aliphatic rings. The molecule has 3 rings (SSSR count). The Morgan fingerprint density at radius 2 is 2.44 bits per heavy atom. The third-order valence-electron chi connectivity index (χ3n) is 3.03. The van der Waals surface area contributed by atoms with E-state index in [1.54, 1.807) is 35.9 Å². The molecule has 5 heteroatoms. The Hall–Kier alpha value is -1.62. The zero-order valence-corrected chi connectivity index (χ0v) is 10.7. The fourth-order valence-corrected chi connectivity index (χ4v) is 2.58. The van der Waals surface area contributed by atoms with Gasteiger partial charge in [0, 0.05) is 30.6 Å². The van der Waals surface area contributed by atoms with Crippen LogP contribution in [0.25, 0.3) is 0 Å². The summed E-state index contributed by atoms with van der Waals surface area (Å²) in [5, 5.41) is 3.04. The Morgan fingerprint density at radius 1 is 1.56 bits per heavy atom. The first-order valence-electron chi connectivity index (χ1n) is 6.07. The maximum Gasteiger partial charge on any atom is 0.289 e. The fourth-order valence-electron chi connectivity index (χ4n) is 1.97. The predicted octanol–water partition coefficient (Wildman–Crippen LogP) is 2.58. The summed E-state index contributed by atoms with van der Waals surface area (Å²) in [7, 11) is 0. The van der Waals surface area contributed by atoms with Crippen molar-refractivity contribution in [3.63, 3.8) is 0 Å². The maximum atomic E-state index is 12.3. The second-order valence-corrected chi connectivity index (χ2v) is 5.36. The van der Waals surface area contributed by atoms with Gasteiger partial charge in [0.25, 0.3) is 5.91 Å². The molecule has 4 nitrogen and oxygen atoms in total. The quantitative estimate of drug-likeness (QED) is 0.832. The molecule has 0 saturated heterocycles. The van der Waals surface area contributed by atoms with Crippen LogP contribution in [0.5, 0.6) is 0 Å². The standard InChI is InChI=1S/C13H14N2O2S/c16-13(11-2-1-8-17-11)15(10-3-4-10)7-5-12-14-6-9-18-12/h1-2,6,8-10H,3-5,7H2. The fraction of sp³-hybridized carbons (Fsp3) is 0.385. The molecule has 0 spiro atoms. The molecule has 2 heterocycles. The zero-order chi connectivity index (χ0) is 12.4. The molecule has 0 radical (unpaired) electrons. The van der Waals surface area contributed by atoms with Crippen molar-refractivity contribution in [1.82, 2.24) is 9.88 Å². The first-order chi connectivity index (χ1) is 8.84. The molecule has 0 aromatic carbocycles. The number of furan rings is 1. The number of amides is 1. The molecule has 2 aromatic heterocycles. The smallest absolute Gasteiger partial charge is 0.289 e. The number of hydrogen-bond donors (Lipinski definition) is 0. The van der Waals surface area contributed by atoms with E-state index in [2.05, 4.69) is 4.98 Å². The number of nitrogens with zero attached hydrogens (tertiary/aromatic N) is 2. The zero-order valence-electron chi connectivity index (χ0n) is 9.91. The van der Waals surface area contributed by atoms with E-state index in [4.69, 9.17) is 4.42 Å². The summed E-state index contributed by atoms with van der Waals surface area (Å²) in [4.78, 5) is 18.4. The summed E-state index contributed by atoms with van der Waals surface area (Å²) in [5.41, 5.74) is 0. The molecule has 2 aromatic rings. The number of rotatable bonds is 5. The lowest BCUT2D eigenvalue weighted by Gasteiger charge is -2.20. The minimum atomic E-state index is -0.000874. The Kier molecular flexibility index (Phi) is 3.15. The van der Waals surface area contributed by atoms with Crippen molar-refractivity contribution in [3.8, 4) is 0 Å². The topological polar surface area (TPSA) is 46.3 Å². The van der Waals surface area contributed by atoms with Gasteiger partial charge in [-0.25, -0.2) is 4.98 Å². The highest BCUT2D eigenvalue weighted by molar-refractivity contribution is 7.09. The van der Waals surface area contributed by atoms with E-state index in [1.807, 2.05) is 10.3 Å². The van der Waals surface area contributed by atoms with Crippen LogP contribution in [0.4, 0.5) is 0 Å². The SMILES string of the molecule is O=C(c1ccco1)N(CCc1nccs1)C1CC1. The first kappa shape index (κ1) is 11.5. The van der Waals surface area contributed by atoms with Gasteiger partial charge in [-0.05, 0) is 25.0 Å². The molecule has 94 valence electrons. The van der Waals surface area contributed by atoms with Crippen LogP contribution in [-0.2, 0) is 6.42 Å². The summed E-state index contributed by atoms with van der Waals surface area (Å²) in [6.07, 6.45) is 6.37. The maximum absolute atomic E-state index is 12.3. The molecule has 0 unspecified atom stereocenters. The van der Waals surface area contributed by atoms with Crippen molar-refractivity contribution in [2.24, 2.45) is 0 Å². The monoisotopic (exact) mass is 262 g/mol. The van der Waals surface area contributed by atoms with Gasteiger partial charge in [0.15, 0.2) is 5.76 Å². The molecular formula is C13H14N2O2S. The Morgan fingerprint density at radius 3 is 3.06 bits per heavy atom. The summed E-state index contributed by atoms with van der Waals surface area (Å²) in [6, 6.07) is 3.86. The number of hydrogen-bond acceptors (Lipinski definition) is 4. The van der Waals surface area contributed by atoms with Crippen LogP contribution in [0.2, 0.25) is 0 Å². The largest absolute Gasteiger partial charge is 0.459 e. The Labute approximate surface area is 109 Å². The highest BCUT2D eigenvalue weighted by atomic mass is 32.1. The van der Waals surface area contributed by atoms with E-state index >= 15 is 0 Å². The third kappa shape index (κ3) is 2.46. The van der Waals surface area contributed by atoms with Crippen LogP contribution < -0.4 is 0 Å². The lowest BCUT2D eigenvalue weighted by molar-refractivity contribution is 0.0713. The van der Waals surface area contributed by atoms with E-state index in [9.17, 15) is 4.79 Å². The normalized spacial score (nSPS) is 14.7. The molecule has 0 bridgehead atoms. The lowest BCUT2D eigenvalue weighted by Crippen LogP contribution is -2.34. The van der Waals surface area contributed by atoms with Gasteiger partial charge in [-0.15, -0.1) is 11.3 Å². The second-order valence-electron chi connectivity index (χ2n) is 4.38. The van der Waals surface area contributed by atoms with Crippen LogP contribution in [-0.4, -0.2) is 28.4 Å². The van der Waals surface area contributed by atoms with Gasteiger partial charge in [0.05, 0.1) is 11.3 Å². The average Bonchev–Trinajstić information content (AvgIpc) is 2.89. The molecule has 1 fully saturated rings. The van der Waals surface area contributed by atoms with Crippen molar-refractivity contribution in [3.05, 3.63) is 40.7 Å². The summed E-state index contributed by atoms with van der Waals surface area (Å²) in [5.74, 6) is 0.431. The molecule has 0 N–H and O–H groups in total. The molecule has 1 saturated carbocycles. The number of carbonyl (C=O) groups is 1. The number of carbonyl (C=O) groups excluding carboxylic acids is 1. The molecule has 0 atom stereocenters. The van der Waals surface area contributed by atoms with Gasteiger partial charge in [-0.1, -0.05) is 0 Å². The van der Waals surface area contributed by atoms with E-state index in [0.717, 1.165) is 30.8 Å². The average molecular weight is 262 g/mol. The van der Waals surface area contributed by atoms with Gasteiger partial charge >= 0.3 is 0 Å². The van der Waals surface area contributed by atoms with Crippen molar-refractivity contribution in [2.75, 3.05) is 6.54 Å². The highest BCUT2D eigenvalue weighted by Gasteiger charge is 2.33. The van der Waals surface area contributed by atoms with E-state index in [1.165, 1.54) is 0 Å². The van der Waals surface area contributed by atoms with Gasteiger partial charge in [-0.2, -0.15) is 0 Å². The van der Waals surface area contributed by atoms with Crippen molar-refractivity contribution >= 4 is 17.2 Å². The summed E-state index contributed by atoms with van der Waals surface area (Å²) in [6.45, 7) is 0.720. The predicted molar refractivity (Wildman–Crippen MR) is 68.6 cm³/mol. The summed E-state index contributed by atoms with van der Waals surface area (Å²) < 4.78 is 5.19. The van der Waals surface area contributed by atoms with Gasteiger partial charge < -0.3 is 9.32 Å². The van der Waals surface area contributed by atoms with Gasteiger partial charge in [-0.3, -0.25) is 4.79 Å². The molecule has 0 aliphatic heterocycles. The molecular weight excluding hydrogens is 248 g/mol. The van der Waals surface area contributed by atoms with Crippen LogP contribution >= 0.6 is 11.3 Å². The Bertz CT molecular complexity index is 503. The van der Waals surface area contributed by atoms with Crippen molar-refractivity contribution < 1.29 is 9.21 Å². The van der Waals surface area contributed by atoms with E-state index in [0.29, 0.717) is 11.8 Å². The van der Waals surface area contributed by atoms with E-state index < -0.39 is 0 Å². The Balaban J connectivity index is 1.67. The van der Waals surface area contributed by atoms with Crippen LogP contribution in [0.3, 0.4) is 0 Å². The first-order valence-corrected chi connectivity index (χ1v) is 6.95. The minimum absolute atomic E-state index is 0.000874. The van der Waals surface area contributed by atoms with Crippen LogP contribution in [0, 0.1) is 0 Å². The number of thiazole rings is 1. The summed E-state index contributed by atoms with van der Waals surface area (Å²) >= 11 is 1.63. The van der Waals surface area contributed by atoms with Gasteiger partial charge in [0.2, 0.25) is 0 Å². The molecule has 18 heavy (non-hydrogen) atoms. The third-order valence-corrected chi connectivity index (χ3v) is 3.87. The molecule has 1 amide bonds. The lowest BCUT2D eigenvalue weighted by atomic mass is 10.3. The van der Waals surface area contributed by atoms with Crippen LogP contribution in [0.1, 0.15) is 28.4 Å². The van der Waals surface area contributed by atoms with Gasteiger partial charge in [0.1, 0.15) is 0 Å². The minimum Gasteiger partial charge on any atom is -0.459 e. The van der Waals surface area contributed by atoms with Crippen molar-refractivity contribution in [1.29, 1.82) is 0 Å². The van der Waals surface area contributed by atoms with E-state index in [-0.39, 0.29) is 5.91 Å².